The molecule has 6 N–H and O–H groups in total. The van der Waals surface area contributed by atoms with Gasteiger partial charge in [-0.1, -0.05) is 36.7 Å². The molecular formula is C24H34N6OS. The zero-order chi connectivity index (χ0) is 22.7. The van der Waals surface area contributed by atoms with Gasteiger partial charge in [0.25, 0.3) is 5.91 Å². The van der Waals surface area contributed by atoms with Crippen molar-refractivity contribution in [2.24, 2.45) is 10.7 Å². The Kier molecular flexibility index (Phi) is 7.23. The van der Waals surface area contributed by atoms with Crippen LogP contribution in [0, 0.1) is 0 Å². The fourth-order valence-corrected chi connectivity index (χ4v) is 5.72. The molecule has 0 saturated heterocycles. The molecule has 0 radical (unpaired) electrons. The maximum absolute atomic E-state index is 12.5. The third-order valence-corrected chi connectivity index (χ3v) is 7.78. The first kappa shape index (κ1) is 22.9. The van der Waals surface area contributed by atoms with E-state index >= 15 is 0 Å². The highest BCUT2D eigenvalue weighted by Crippen LogP contribution is 2.42. The summed E-state index contributed by atoms with van der Waals surface area (Å²) in [5.74, 6) is 0.928. The number of benzene rings is 1. The zero-order valence-electron chi connectivity index (χ0n) is 19.1. The molecule has 1 aromatic carbocycles. The Bertz CT molecular complexity index is 944. The number of nitrogens with two attached hydrogens (primary N) is 1. The molecule has 1 fully saturated rings. The fourth-order valence-electron chi connectivity index (χ4n) is 4.40. The number of carbonyl (C=O) groups is 1. The Balaban J connectivity index is 1.41. The highest BCUT2D eigenvalue weighted by Gasteiger charge is 2.35. The van der Waals surface area contributed by atoms with Crippen LogP contribution in [0.25, 0.3) is 0 Å². The van der Waals surface area contributed by atoms with Gasteiger partial charge in [0.1, 0.15) is 12.5 Å². The molecule has 2 atom stereocenters. The standard InChI is InChI=1S/C24H34N6OS/c1-14(15(2)25)19-20-21(32-24(19)26-3)22(29-13-28-20)27-12-16-8-10-17(11-9-16)23(31)30-18-6-4-5-7-18/h8-11,15,18,24,26,28H,4-7,12-13,25H2,1-3H3,(H,27,29)(H,30,31)/b19-14-. The molecule has 7 nitrogen and oxygen atoms in total. The molecule has 1 saturated carbocycles. The molecule has 0 aromatic heterocycles. The van der Waals surface area contributed by atoms with Gasteiger partial charge in [0.15, 0.2) is 0 Å². The molecule has 4 rings (SSSR count). The SMILES string of the molecule is CNC1SC2=C(NCN=C2NCc2ccc(C(=O)NC3CCCC3)cc2)/C1=C(\C)C(C)N. The highest BCUT2D eigenvalue weighted by atomic mass is 32.2. The summed E-state index contributed by atoms with van der Waals surface area (Å²) in [7, 11) is 1.97. The van der Waals surface area contributed by atoms with Crippen molar-refractivity contribution in [3.05, 3.63) is 57.1 Å². The Morgan fingerprint density at radius 2 is 2.00 bits per heavy atom. The van der Waals surface area contributed by atoms with Crippen LogP contribution in [0.5, 0.6) is 0 Å². The molecule has 8 heteroatoms. The van der Waals surface area contributed by atoms with E-state index < -0.39 is 0 Å². The minimum absolute atomic E-state index is 0.00485. The van der Waals surface area contributed by atoms with Crippen molar-refractivity contribution in [1.82, 2.24) is 21.3 Å². The van der Waals surface area contributed by atoms with Gasteiger partial charge < -0.3 is 27.0 Å². The number of likely N-dealkylation sites (N-methyl/N-ethyl adjacent to an activating group) is 1. The molecule has 2 heterocycles. The van der Waals surface area contributed by atoms with Crippen molar-refractivity contribution in [1.29, 1.82) is 0 Å². The molecule has 2 aliphatic heterocycles. The number of thioether (sulfide) groups is 1. The number of nitrogens with one attached hydrogen (secondary N) is 4. The number of aliphatic imine (C=N–C) groups is 1. The molecule has 172 valence electrons. The molecule has 0 spiro atoms. The van der Waals surface area contributed by atoms with E-state index in [9.17, 15) is 4.79 Å². The fraction of sp³-hybridized carbons (Fsp3) is 0.500. The number of amidine groups is 1. The van der Waals surface area contributed by atoms with E-state index in [2.05, 4.69) is 33.2 Å². The third-order valence-electron chi connectivity index (χ3n) is 6.44. The third kappa shape index (κ3) is 4.87. The highest BCUT2D eigenvalue weighted by molar-refractivity contribution is 8.05. The maximum atomic E-state index is 12.5. The van der Waals surface area contributed by atoms with Gasteiger partial charge in [0, 0.05) is 29.8 Å². The molecule has 2 unspecified atom stereocenters. The van der Waals surface area contributed by atoms with Crippen LogP contribution in [0.1, 0.15) is 55.5 Å². The quantitative estimate of drug-likeness (QED) is 0.453. The van der Waals surface area contributed by atoms with E-state index in [1.54, 1.807) is 11.8 Å². The van der Waals surface area contributed by atoms with Gasteiger partial charge in [-0.05, 0) is 57.0 Å². The summed E-state index contributed by atoms with van der Waals surface area (Å²) in [5.41, 5.74) is 11.6. The minimum Gasteiger partial charge on any atom is -0.365 e. The van der Waals surface area contributed by atoms with Crippen molar-refractivity contribution < 1.29 is 4.79 Å². The number of amides is 1. The predicted octanol–water partition coefficient (Wildman–Crippen LogP) is 2.58. The number of rotatable bonds is 6. The molecule has 1 amide bonds. The summed E-state index contributed by atoms with van der Waals surface area (Å²) in [4.78, 5) is 18.2. The summed E-state index contributed by atoms with van der Waals surface area (Å²) in [6, 6.07) is 8.16. The summed E-state index contributed by atoms with van der Waals surface area (Å²) in [5, 5.41) is 13.6. The van der Waals surface area contributed by atoms with Gasteiger partial charge in [-0.3, -0.25) is 4.79 Å². The summed E-state index contributed by atoms with van der Waals surface area (Å²) in [6.45, 7) is 5.31. The van der Waals surface area contributed by atoms with E-state index in [0.717, 1.165) is 34.8 Å². The van der Waals surface area contributed by atoms with Gasteiger partial charge >= 0.3 is 0 Å². The molecule has 3 aliphatic rings. The van der Waals surface area contributed by atoms with Crippen LogP contribution in [-0.4, -0.2) is 42.9 Å². The van der Waals surface area contributed by atoms with Crippen LogP contribution >= 0.6 is 11.8 Å². The number of nitrogens with zero attached hydrogens (tertiary/aromatic N) is 1. The Morgan fingerprint density at radius 3 is 2.66 bits per heavy atom. The van der Waals surface area contributed by atoms with Crippen LogP contribution in [0.2, 0.25) is 0 Å². The second-order valence-corrected chi connectivity index (χ2v) is 9.84. The number of hydrogen-bond acceptors (Lipinski definition) is 7. The summed E-state index contributed by atoms with van der Waals surface area (Å²) >= 11 is 1.76. The number of hydrogen-bond donors (Lipinski definition) is 5. The number of carbonyl (C=O) groups excluding carboxylic acids is 1. The average molecular weight is 455 g/mol. The molecule has 1 aromatic rings. The van der Waals surface area contributed by atoms with E-state index in [-0.39, 0.29) is 17.3 Å². The van der Waals surface area contributed by atoms with E-state index in [0.29, 0.717) is 24.8 Å². The summed E-state index contributed by atoms with van der Waals surface area (Å²) in [6.07, 6.45) is 4.61. The van der Waals surface area contributed by atoms with Crippen LogP contribution in [-0.2, 0) is 6.54 Å². The van der Waals surface area contributed by atoms with Crippen molar-refractivity contribution >= 4 is 23.5 Å². The second-order valence-electron chi connectivity index (χ2n) is 8.72. The first-order valence-corrected chi connectivity index (χ1v) is 12.3. The molecule has 32 heavy (non-hydrogen) atoms. The van der Waals surface area contributed by atoms with Crippen molar-refractivity contribution in [2.75, 3.05) is 13.7 Å². The topological polar surface area (TPSA) is 104 Å². The van der Waals surface area contributed by atoms with E-state index in [1.807, 2.05) is 38.2 Å². The predicted molar refractivity (Wildman–Crippen MR) is 132 cm³/mol. The normalized spacial score (nSPS) is 23.4. The lowest BCUT2D eigenvalue weighted by Gasteiger charge is -2.21. The van der Waals surface area contributed by atoms with Crippen molar-refractivity contribution in [2.45, 2.75) is 63.5 Å². The first-order chi connectivity index (χ1) is 15.5. The van der Waals surface area contributed by atoms with Crippen molar-refractivity contribution in [3.8, 4) is 0 Å². The van der Waals surface area contributed by atoms with Crippen LogP contribution < -0.4 is 27.0 Å². The van der Waals surface area contributed by atoms with Gasteiger partial charge in [0.05, 0.1) is 16.0 Å². The van der Waals surface area contributed by atoms with E-state index in [4.69, 9.17) is 5.73 Å². The largest absolute Gasteiger partial charge is 0.365 e. The Labute approximate surface area is 194 Å². The van der Waals surface area contributed by atoms with Gasteiger partial charge in [-0.2, -0.15) is 0 Å². The Morgan fingerprint density at radius 1 is 1.28 bits per heavy atom. The van der Waals surface area contributed by atoms with Gasteiger partial charge in [-0.25, -0.2) is 4.99 Å². The van der Waals surface area contributed by atoms with Crippen LogP contribution in [0.3, 0.4) is 0 Å². The lowest BCUT2D eigenvalue weighted by atomic mass is 10.00. The minimum atomic E-state index is -0.00485. The van der Waals surface area contributed by atoms with Crippen molar-refractivity contribution in [3.63, 3.8) is 0 Å². The van der Waals surface area contributed by atoms with Crippen LogP contribution in [0.15, 0.2) is 51.0 Å². The van der Waals surface area contributed by atoms with Gasteiger partial charge in [0.2, 0.25) is 0 Å². The maximum Gasteiger partial charge on any atom is 0.251 e. The average Bonchev–Trinajstić information content (AvgIpc) is 3.44. The van der Waals surface area contributed by atoms with Gasteiger partial charge in [-0.15, -0.1) is 0 Å². The molecule has 0 bridgehead atoms. The van der Waals surface area contributed by atoms with E-state index in [1.165, 1.54) is 24.0 Å². The smallest absolute Gasteiger partial charge is 0.251 e. The monoisotopic (exact) mass is 454 g/mol. The molecular weight excluding hydrogens is 420 g/mol. The lowest BCUT2D eigenvalue weighted by Crippen LogP contribution is -2.33. The zero-order valence-corrected chi connectivity index (χ0v) is 19.9. The van der Waals surface area contributed by atoms with Crippen LogP contribution in [0.4, 0.5) is 0 Å². The second kappa shape index (κ2) is 10.1. The first-order valence-electron chi connectivity index (χ1n) is 11.4. The Hall–Kier alpha value is -2.29. The lowest BCUT2D eigenvalue weighted by molar-refractivity contribution is 0.0938. The summed E-state index contributed by atoms with van der Waals surface area (Å²) < 4.78 is 0. The molecule has 1 aliphatic carbocycles.